The average molecular weight is 184 g/mol. The molecule has 11 heavy (non-hydrogen) atoms. The summed E-state index contributed by atoms with van der Waals surface area (Å²) in [7, 11) is -2.70. The summed E-state index contributed by atoms with van der Waals surface area (Å²) in [5, 5.41) is 17.2. The van der Waals surface area contributed by atoms with Crippen molar-refractivity contribution in [1.29, 1.82) is 0 Å². The Bertz CT molecular complexity index is 146. The second-order valence-electron chi connectivity index (χ2n) is 2.29. The quantitative estimate of drug-likeness (QED) is 0.553. The van der Waals surface area contributed by atoms with Gasteiger partial charge in [0.05, 0.1) is 0 Å². The topological polar surface area (TPSA) is 77.4 Å². The Labute approximate surface area is 63.3 Å². The predicted molar refractivity (Wildman–Crippen MR) is 34.4 cm³/mol. The van der Waals surface area contributed by atoms with E-state index in [1.54, 1.807) is 0 Å². The zero-order chi connectivity index (χ0) is 7.90. The zero-order valence-electron chi connectivity index (χ0n) is 5.60. The molecular formula is C4H9O6P. The summed E-state index contributed by atoms with van der Waals surface area (Å²) >= 11 is 0. The molecule has 66 valence electrons. The van der Waals surface area contributed by atoms with Crippen LogP contribution >= 0.6 is 8.17 Å². The van der Waals surface area contributed by atoms with E-state index in [4.69, 9.17) is 28.3 Å². The molecule has 0 spiro atoms. The van der Waals surface area contributed by atoms with E-state index in [1.165, 1.54) is 0 Å². The van der Waals surface area contributed by atoms with E-state index >= 15 is 0 Å². The van der Waals surface area contributed by atoms with Crippen LogP contribution in [0, 0.1) is 0 Å². The fraction of sp³-hybridized carbons (Fsp3) is 1.00. The Kier molecular flexibility index (Phi) is 1.85. The van der Waals surface area contributed by atoms with Crippen molar-refractivity contribution in [1.82, 2.24) is 0 Å². The Morgan fingerprint density at radius 2 is 2.09 bits per heavy atom. The zero-order valence-corrected chi connectivity index (χ0v) is 6.60. The second-order valence-corrected chi connectivity index (χ2v) is 4.29. The minimum absolute atomic E-state index is 0.0184. The first-order chi connectivity index (χ1) is 5.24. The first-order valence-electron chi connectivity index (χ1n) is 3.20. The van der Waals surface area contributed by atoms with Gasteiger partial charge in [0.2, 0.25) is 0 Å². The molecule has 6 nitrogen and oxygen atoms in total. The molecule has 7 heteroatoms. The van der Waals surface area contributed by atoms with Crippen LogP contribution in [0.5, 0.6) is 0 Å². The molecule has 0 aromatic carbocycles. The van der Waals surface area contributed by atoms with Crippen molar-refractivity contribution in [3.8, 4) is 0 Å². The molecule has 0 saturated carbocycles. The molecule has 0 radical (unpaired) electrons. The van der Waals surface area contributed by atoms with Crippen molar-refractivity contribution in [3.05, 3.63) is 0 Å². The SMILES string of the molecule is OCC(O)CO[PH]12OC(O1)O2. The average Bonchev–Trinajstić information content (AvgIpc) is 1.81. The number of rotatable bonds is 4. The van der Waals surface area contributed by atoms with Gasteiger partial charge in [-0.25, -0.2) is 0 Å². The molecule has 1 unspecified atom stereocenters. The third kappa shape index (κ3) is 1.27. The van der Waals surface area contributed by atoms with Crippen LogP contribution in [0.1, 0.15) is 0 Å². The van der Waals surface area contributed by atoms with Gasteiger partial charge >= 0.3 is 62.3 Å². The van der Waals surface area contributed by atoms with E-state index in [-0.39, 0.29) is 13.2 Å². The van der Waals surface area contributed by atoms with E-state index < -0.39 is 20.8 Å². The Morgan fingerprint density at radius 3 is 2.45 bits per heavy atom. The van der Waals surface area contributed by atoms with E-state index in [2.05, 4.69) is 0 Å². The van der Waals surface area contributed by atoms with Crippen molar-refractivity contribution in [2.24, 2.45) is 0 Å². The maximum absolute atomic E-state index is 8.84. The molecule has 0 aromatic heterocycles. The van der Waals surface area contributed by atoms with Gasteiger partial charge in [-0.1, -0.05) is 0 Å². The molecule has 0 aromatic rings. The number of hydrogen-bond acceptors (Lipinski definition) is 6. The van der Waals surface area contributed by atoms with Crippen LogP contribution in [0.4, 0.5) is 0 Å². The molecule has 1 atom stereocenters. The standard InChI is InChI=1S/C4H9O6P/c5-1-3(6)2-7-11-8-4(9-11)10-11/h3-6,11H,1-2H2. The van der Waals surface area contributed by atoms with E-state index in [0.717, 1.165) is 0 Å². The summed E-state index contributed by atoms with van der Waals surface area (Å²) in [6.07, 6.45) is -0.896. The number of aliphatic hydroxyl groups is 2. The molecule has 3 heterocycles. The summed E-state index contributed by atoms with van der Waals surface area (Å²) in [5.41, 5.74) is 0. The molecular weight excluding hydrogens is 175 g/mol. The summed E-state index contributed by atoms with van der Waals surface area (Å²) in [6.45, 7) is -0.892. The normalized spacial score (nSPS) is 36.7. The number of hydrogen-bond donors (Lipinski definition) is 2. The molecule has 3 fully saturated rings. The van der Waals surface area contributed by atoms with E-state index in [9.17, 15) is 0 Å². The van der Waals surface area contributed by atoms with Crippen molar-refractivity contribution in [3.63, 3.8) is 0 Å². The van der Waals surface area contributed by atoms with Gasteiger partial charge in [-0.2, -0.15) is 0 Å². The van der Waals surface area contributed by atoms with Gasteiger partial charge < -0.3 is 0 Å². The fourth-order valence-electron chi connectivity index (χ4n) is 0.733. The fourth-order valence-corrected chi connectivity index (χ4v) is 2.09. The van der Waals surface area contributed by atoms with Crippen LogP contribution in [0.15, 0.2) is 0 Å². The molecule has 3 aliphatic rings. The van der Waals surface area contributed by atoms with E-state index in [0.29, 0.717) is 0 Å². The predicted octanol–water partition coefficient (Wildman–Crippen LogP) is -0.873. The minimum atomic E-state index is -2.70. The van der Waals surface area contributed by atoms with Gasteiger partial charge in [0.15, 0.2) is 0 Å². The first kappa shape index (κ1) is 7.82. The molecule has 0 aliphatic carbocycles. The summed E-state index contributed by atoms with van der Waals surface area (Å²) in [4.78, 5) is 0. The molecule has 0 amide bonds. The van der Waals surface area contributed by atoms with Crippen molar-refractivity contribution >= 4 is 8.17 Å². The summed E-state index contributed by atoms with van der Waals surface area (Å²) in [5.74, 6) is 0. The molecule has 2 N–H and O–H groups in total. The van der Waals surface area contributed by atoms with Gasteiger partial charge in [-0.15, -0.1) is 0 Å². The third-order valence-corrected chi connectivity index (χ3v) is 3.35. The van der Waals surface area contributed by atoms with Crippen LogP contribution in [0.3, 0.4) is 0 Å². The molecule has 3 rings (SSSR count). The van der Waals surface area contributed by atoms with Crippen LogP contribution in [0.25, 0.3) is 0 Å². The van der Waals surface area contributed by atoms with E-state index in [1.807, 2.05) is 0 Å². The summed E-state index contributed by atoms with van der Waals surface area (Å²) < 4.78 is 19.6. The monoisotopic (exact) mass is 184 g/mol. The summed E-state index contributed by atoms with van der Waals surface area (Å²) in [6, 6.07) is 0. The van der Waals surface area contributed by atoms with Crippen LogP contribution in [-0.2, 0) is 18.1 Å². The van der Waals surface area contributed by atoms with Crippen molar-refractivity contribution < 1.29 is 28.3 Å². The Hall–Kier alpha value is 0.190. The van der Waals surface area contributed by atoms with Gasteiger partial charge in [-0.05, 0) is 0 Å². The van der Waals surface area contributed by atoms with Crippen molar-refractivity contribution in [2.45, 2.75) is 12.6 Å². The Balaban J connectivity index is 1.66. The second kappa shape index (κ2) is 2.60. The Morgan fingerprint density at radius 1 is 1.45 bits per heavy atom. The third-order valence-electron chi connectivity index (χ3n) is 1.38. The molecule has 3 aliphatic heterocycles. The first-order valence-corrected chi connectivity index (χ1v) is 4.84. The number of aliphatic hydroxyl groups excluding tert-OH is 2. The van der Waals surface area contributed by atoms with Crippen molar-refractivity contribution in [2.75, 3.05) is 13.2 Å². The van der Waals surface area contributed by atoms with Gasteiger partial charge in [-0.3, -0.25) is 0 Å². The molecule has 3 saturated heterocycles. The van der Waals surface area contributed by atoms with Gasteiger partial charge in [0.1, 0.15) is 0 Å². The van der Waals surface area contributed by atoms with Gasteiger partial charge in [0.25, 0.3) is 0 Å². The van der Waals surface area contributed by atoms with Crippen LogP contribution in [0.2, 0.25) is 0 Å². The maximum atomic E-state index is 8.84. The van der Waals surface area contributed by atoms with Gasteiger partial charge in [0, 0.05) is 0 Å². The van der Waals surface area contributed by atoms with Crippen LogP contribution < -0.4 is 0 Å². The van der Waals surface area contributed by atoms with Crippen LogP contribution in [-0.4, -0.2) is 36.0 Å². The molecule has 2 bridgehead atoms.